The van der Waals surface area contributed by atoms with Crippen molar-refractivity contribution in [2.75, 3.05) is 0 Å². The van der Waals surface area contributed by atoms with Gasteiger partial charge in [0.05, 0.1) is 0 Å². The van der Waals surface area contributed by atoms with Gasteiger partial charge in [-0.15, -0.1) is 0 Å². The lowest BCUT2D eigenvalue weighted by Crippen LogP contribution is -2.67. The predicted octanol–water partition coefficient (Wildman–Crippen LogP) is 6.94. The summed E-state index contributed by atoms with van der Waals surface area (Å²) in [4.78, 5) is 0. The molecule has 0 saturated heterocycles. The third kappa shape index (κ3) is 4.88. The van der Waals surface area contributed by atoms with Crippen LogP contribution in [0.4, 0.5) is 0 Å². The summed E-state index contributed by atoms with van der Waals surface area (Å²) in [7, 11) is -2.16. The molecule has 0 bridgehead atoms. The van der Waals surface area contributed by atoms with Crippen molar-refractivity contribution in [2.24, 2.45) is 0 Å². The van der Waals surface area contributed by atoms with Crippen LogP contribution >= 0.6 is 0 Å². The summed E-state index contributed by atoms with van der Waals surface area (Å²) in [6, 6.07) is 29.8. The van der Waals surface area contributed by atoms with Crippen molar-refractivity contribution in [3.63, 3.8) is 0 Å². The Kier molecular flexibility index (Phi) is 7.59. The Bertz CT molecular complexity index is 871. The number of rotatable bonds is 8. The van der Waals surface area contributed by atoms with Crippen LogP contribution in [-0.2, 0) is 0 Å². The van der Waals surface area contributed by atoms with Gasteiger partial charge in [-0.2, -0.15) is 0 Å². The van der Waals surface area contributed by atoms with E-state index in [-0.39, 0.29) is 0 Å². The topological polar surface area (TPSA) is 0 Å². The van der Waals surface area contributed by atoms with Gasteiger partial charge in [-0.3, -0.25) is 0 Å². The Labute approximate surface area is 191 Å². The van der Waals surface area contributed by atoms with Crippen LogP contribution in [0.2, 0.25) is 6.04 Å². The Morgan fingerprint density at radius 1 is 0.548 bits per heavy atom. The summed E-state index contributed by atoms with van der Waals surface area (Å²) in [6.07, 6.45) is 1.19. The SMILES string of the molecule is CCC[Si](c1cccc(C(C)C)c1)(c1cccc(C(C)C)c1)c1cccc(C(C)C)c1. The zero-order chi connectivity index (χ0) is 22.6. The maximum atomic E-state index is 2.52. The molecule has 0 amide bonds. The minimum Gasteiger partial charge on any atom is -0.0656 e. The molecule has 0 fully saturated rings. The average Bonchev–Trinajstić information content (AvgIpc) is 2.77. The molecule has 0 spiro atoms. The second-order valence-corrected chi connectivity index (χ2v) is 14.0. The molecule has 164 valence electrons. The summed E-state index contributed by atoms with van der Waals surface area (Å²) >= 11 is 0. The smallest absolute Gasteiger partial charge is 0.0656 e. The van der Waals surface area contributed by atoms with Crippen LogP contribution in [0.5, 0.6) is 0 Å². The lowest BCUT2D eigenvalue weighted by atomic mass is 10.0. The van der Waals surface area contributed by atoms with Crippen LogP contribution < -0.4 is 15.6 Å². The van der Waals surface area contributed by atoms with Crippen LogP contribution in [0, 0.1) is 0 Å². The lowest BCUT2D eigenvalue weighted by molar-refractivity contribution is 0.866. The molecule has 0 saturated carbocycles. The van der Waals surface area contributed by atoms with Gasteiger partial charge in [-0.25, -0.2) is 0 Å². The first kappa shape index (κ1) is 23.5. The van der Waals surface area contributed by atoms with E-state index in [0.29, 0.717) is 17.8 Å². The van der Waals surface area contributed by atoms with Gasteiger partial charge in [0.1, 0.15) is 8.07 Å². The van der Waals surface area contributed by atoms with Crippen molar-refractivity contribution in [2.45, 2.75) is 78.7 Å². The van der Waals surface area contributed by atoms with E-state index in [1.165, 1.54) is 29.2 Å². The Morgan fingerprint density at radius 3 is 1.13 bits per heavy atom. The highest BCUT2D eigenvalue weighted by Gasteiger charge is 2.39. The van der Waals surface area contributed by atoms with E-state index < -0.39 is 8.07 Å². The van der Waals surface area contributed by atoms with Crippen LogP contribution in [-0.4, -0.2) is 8.07 Å². The normalized spacial score (nSPS) is 12.2. The molecule has 1 heteroatoms. The predicted molar refractivity (Wildman–Crippen MR) is 141 cm³/mol. The van der Waals surface area contributed by atoms with Crippen LogP contribution in [0.15, 0.2) is 72.8 Å². The summed E-state index contributed by atoms with van der Waals surface area (Å²) < 4.78 is 0. The van der Waals surface area contributed by atoms with Gasteiger partial charge in [-0.1, -0.05) is 128 Å². The third-order valence-electron chi connectivity index (χ3n) is 6.76. The van der Waals surface area contributed by atoms with E-state index in [0.717, 1.165) is 0 Å². The second-order valence-electron chi connectivity index (χ2n) is 10.00. The molecule has 0 aliphatic rings. The van der Waals surface area contributed by atoms with E-state index in [2.05, 4.69) is 121 Å². The minimum absolute atomic E-state index is 0.539. The van der Waals surface area contributed by atoms with Gasteiger partial charge in [-0.05, 0) is 56.0 Å². The second kappa shape index (κ2) is 10.00. The van der Waals surface area contributed by atoms with Gasteiger partial charge in [0, 0.05) is 0 Å². The van der Waals surface area contributed by atoms with Crippen molar-refractivity contribution < 1.29 is 0 Å². The van der Waals surface area contributed by atoms with E-state index in [9.17, 15) is 0 Å². The number of hydrogen-bond acceptors (Lipinski definition) is 0. The Morgan fingerprint density at radius 2 is 0.871 bits per heavy atom. The minimum atomic E-state index is -2.16. The molecule has 0 N–H and O–H groups in total. The van der Waals surface area contributed by atoms with Gasteiger partial charge in [0.2, 0.25) is 0 Å². The van der Waals surface area contributed by atoms with E-state index in [1.54, 1.807) is 15.6 Å². The van der Waals surface area contributed by atoms with Gasteiger partial charge in [0.15, 0.2) is 0 Å². The summed E-state index contributed by atoms with van der Waals surface area (Å²) in [6.45, 7) is 16.2. The molecule has 0 atom stereocenters. The molecule has 0 radical (unpaired) electrons. The average molecular weight is 429 g/mol. The Hall–Kier alpha value is -2.12. The maximum absolute atomic E-state index is 2.52. The van der Waals surface area contributed by atoms with Crippen molar-refractivity contribution in [3.05, 3.63) is 89.5 Å². The first-order chi connectivity index (χ1) is 14.8. The highest BCUT2D eigenvalue weighted by atomic mass is 28.3. The number of benzene rings is 3. The quantitative estimate of drug-likeness (QED) is 0.269. The van der Waals surface area contributed by atoms with Crippen LogP contribution in [0.1, 0.15) is 89.3 Å². The molecule has 31 heavy (non-hydrogen) atoms. The summed E-state index contributed by atoms with van der Waals surface area (Å²) in [5.41, 5.74) is 4.35. The molecule has 3 rings (SSSR count). The van der Waals surface area contributed by atoms with E-state index in [4.69, 9.17) is 0 Å². The van der Waals surface area contributed by atoms with E-state index in [1.807, 2.05) is 0 Å². The Balaban J connectivity index is 2.37. The van der Waals surface area contributed by atoms with Crippen molar-refractivity contribution in [3.8, 4) is 0 Å². The fraction of sp³-hybridized carbons (Fsp3) is 0.400. The highest BCUT2D eigenvalue weighted by Crippen LogP contribution is 2.22. The molecule has 0 aliphatic heterocycles. The van der Waals surface area contributed by atoms with Gasteiger partial charge < -0.3 is 0 Å². The first-order valence-electron chi connectivity index (χ1n) is 12.1. The maximum Gasteiger partial charge on any atom is 0.148 e. The summed E-state index contributed by atoms with van der Waals surface area (Å²) in [5, 5.41) is 4.67. The molecular formula is C30H40Si. The molecule has 0 aromatic heterocycles. The van der Waals surface area contributed by atoms with Crippen molar-refractivity contribution >= 4 is 23.6 Å². The zero-order valence-electron chi connectivity index (χ0n) is 20.6. The van der Waals surface area contributed by atoms with Gasteiger partial charge >= 0.3 is 0 Å². The van der Waals surface area contributed by atoms with Gasteiger partial charge in [0.25, 0.3) is 0 Å². The molecule has 3 aromatic carbocycles. The molecule has 0 heterocycles. The largest absolute Gasteiger partial charge is 0.148 e. The number of hydrogen-bond donors (Lipinski definition) is 0. The monoisotopic (exact) mass is 428 g/mol. The molecule has 0 unspecified atom stereocenters. The lowest BCUT2D eigenvalue weighted by Gasteiger charge is -2.35. The third-order valence-corrected chi connectivity index (χ3v) is 11.9. The fourth-order valence-electron chi connectivity index (χ4n) is 4.80. The van der Waals surface area contributed by atoms with Crippen LogP contribution in [0.25, 0.3) is 0 Å². The highest BCUT2D eigenvalue weighted by molar-refractivity contribution is 7.11. The first-order valence-corrected chi connectivity index (χ1v) is 14.3. The fourth-order valence-corrected chi connectivity index (χ4v) is 9.80. The van der Waals surface area contributed by atoms with Crippen molar-refractivity contribution in [1.29, 1.82) is 0 Å². The zero-order valence-corrected chi connectivity index (χ0v) is 21.6. The molecule has 3 aromatic rings. The van der Waals surface area contributed by atoms with Crippen LogP contribution in [0.3, 0.4) is 0 Å². The van der Waals surface area contributed by atoms with E-state index >= 15 is 0 Å². The molecule has 0 nitrogen and oxygen atoms in total. The molecular weight excluding hydrogens is 388 g/mol. The molecule has 0 aliphatic carbocycles. The van der Waals surface area contributed by atoms with Crippen molar-refractivity contribution in [1.82, 2.24) is 0 Å². The summed E-state index contributed by atoms with van der Waals surface area (Å²) in [5.74, 6) is 1.62. The standard InChI is InChI=1S/C30H40Si/c1-8-18-31(28-15-9-12-25(19-28)22(2)3,29-16-10-13-26(20-29)23(4)5)30-17-11-14-27(21-30)24(6)7/h9-17,19-24H,8,18H2,1-7H3.